The van der Waals surface area contributed by atoms with E-state index >= 15 is 0 Å². The summed E-state index contributed by atoms with van der Waals surface area (Å²) in [5.41, 5.74) is 0. The van der Waals surface area contributed by atoms with E-state index in [1.54, 1.807) is 0 Å². The molecular formula is C22H32N2OS2. The Labute approximate surface area is 173 Å². The van der Waals surface area contributed by atoms with Crippen LogP contribution in [0.25, 0.3) is 0 Å². The first kappa shape index (κ1) is 22.2. The van der Waals surface area contributed by atoms with Gasteiger partial charge in [0.1, 0.15) is 11.5 Å². The van der Waals surface area contributed by atoms with E-state index in [9.17, 15) is 0 Å². The molecule has 2 aromatic rings. The zero-order chi connectivity index (χ0) is 19.5. The standard InChI is InChI=1S/C22H32N2OS2/c1-5-23(6-2)17-26-21-13-9-19(10-14-21)25-20-11-15-22(16-12-20)27-18-24(7-3)8-4/h9-16H,5-8,17-18H2,1-4H3. The van der Waals surface area contributed by atoms with Crippen molar-refractivity contribution in [2.24, 2.45) is 0 Å². The minimum Gasteiger partial charge on any atom is -0.457 e. The minimum absolute atomic E-state index is 0.880. The summed E-state index contributed by atoms with van der Waals surface area (Å²) in [6.07, 6.45) is 0. The first-order valence-corrected chi connectivity index (χ1v) is 11.7. The van der Waals surface area contributed by atoms with Gasteiger partial charge in [-0.3, -0.25) is 9.80 Å². The highest BCUT2D eigenvalue weighted by molar-refractivity contribution is 7.99. The van der Waals surface area contributed by atoms with Crippen molar-refractivity contribution < 1.29 is 4.74 Å². The highest BCUT2D eigenvalue weighted by Gasteiger charge is 2.04. The molecule has 148 valence electrons. The van der Waals surface area contributed by atoms with Crippen molar-refractivity contribution in [2.45, 2.75) is 37.5 Å². The fourth-order valence-corrected chi connectivity index (χ4v) is 4.54. The van der Waals surface area contributed by atoms with Gasteiger partial charge in [0.05, 0.1) is 0 Å². The van der Waals surface area contributed by atoms with E-state index in [0.717, 1.165) is 49.4 Å². The SMILES string of the molecule is CCN(CC)CSc1ccc(Oc2ccc(SCN(CC)CC)cc2)cc1. The Hall–Kier alpha value is -1.14. The molecule has 0 bridgehead atoms. The molecule has 0 amide bonds. The lowest BCUT2D eigenvalue weighted by atomic mass is 10.3. The second-order valence-corrected chi connectivity index (χ2v) is 8.23. The molecule has 3 nitrogen and oxygen atoms in total. The first-order valence-electron chi connectivity index (χ1n) is 9.76. The quantitative estimate of drug-likeness (QED) is 0.305. The fraction of sp³-hybridized carbons (Fsp3) is 0.455. The van der Waals surface area contributed by atoms with Crippen LogP contribution in [0, 0.1) is 0 Å². The molecule has 27 heavy (non-hydrogen) atoms. The van der Waals surface area contributed by atoms with Crippen molar-refractivity contribution in [1.82, 2.24) is 9.80 Å². The average molecular weight is 405 g/mol. The monoisotopic (exact) mass is 404 g/mol. The maximum Gasteiger partial charge on any atom is 0.127 e. The first-order chi connectivity index (χ1) is 13.2. The molecule has 0 fully saturated rings. The van der Waals surface area contributed by atoms with Crippen LogP contribution in [0.2, 0.25) is 0 Å². The summed E-state index contributed by atoms with van der Waals surface area (Å²) in [4.78, 5) is 7.37. The van der Waals surface area contributed by atoms with E-state index in [-0.39, 0.29) is 0 Å². The number of rotatable bonds is 12. The Kier molecular flexibility index (Phi) is 10.1. The van der Waals surface area contributed by atoms with Gasteiger partial charge < -0.3 is 4.74 Å². The molecule has 0 saturated carbocycles. The van der Waals surface area contributed by atoms with Crippen LogP contribution in [-0.4, -0.2) is 47.7 Å². The normalized spacial score (nSPS) is 11.3. The molecule has 0 atom stereocenters. The van der Waals surface area contributed by atoms with Gasteiger partial charge in [-0.1, -0.05) is 27.7 Å². The molecule has 0 aliphatic heterocycles. The van der Waals surface area contributed by atoms with E-state index in [2.05, 4.69) is 61.8 Å². The zero-order valence-electron chi connectivity index (χ0n) is 17.0. The summed E-state index contributed by atoms with van der Waals surface area (Å²) in [5.74, 6) is 3.82. The average Bonchev–Trinajstić information content (AvgIpc) is 2.72. The molecule has 0 N–H and O–H groups in total. The van der Waals surface area contributed by atoms with E-state index in [0.29, 0.717) is 0 Å². The Morgan fingerprint density at radius 3 is 1.22 bits per heavy atom. The number of thioether (sulfide) groups is 2. The van der Waals surface area contributed by atoms with Gasteiger partial charge in [-0.05, 0) is 74.7 Å². The summed E-state index contributed by atoms with van der Waals surface area (Å²) < 4.78 is 5.98. The van der Waals surface area contributed by atoms with Crippen LogP contribution < -0.4 is 4.74 Å². The predicted octanol–water partition coefficient (Wildman–Crippen LogP) is 6.26. The van der Waals surface area contributed by atoms with Crippen LogP contribution >= 0.6 is 23.5 Å². The van der Waals surface area contributed by atoms with Gasteiger partial charge in [0.2, 0.25) is 0 Å². The minimum atomic E-state index is 0.880. The van der Waals surface area contributed by atoms with Crippen LogP contribution in [0.1, 0.15) is 27.7 Å². The van der Waals surface area contributed by atoms with E-state index < -0.39 is 0 Å². The number of nitrogens with zero attached hydrogens (tertiary/aromatic N) is 2. The van der Waals surface area contributed by atoms with Gasteiger partial charge in [-0.25, -0.2) is 0 Å². The van der Waals surface area contributed by atoms with Crippen LogP contribution in [0.5, 0.6) is 11.5 Å². The third-order valence-electron chi connectivity index (χ3n) is 4.50. The Morgan fingerprint density at radius 2 is 0.926 bits per heavy atom. The topological polar surface area (TPSA) is 15.7 Å². The summed E-state index contributed by atoms with van der Waals surface area (Å²) in [5, 5.41) is 0. The number of hydrogen-bond donors (Lipinski definition) is 0. The summed E-state index contributed by atoms with van der Waals surface area (Å²) in [6.45, 7) is 13.2. The Morgan fingerprint density at radius 1 is 0.593 bits per heavy atom. The molecule has 0 aliphatic carbocycles. The van der Waals surface area contributed by atoms with Crippen molar-refractivity contribution in [3.63, 3.8) is 0 Å². The smallest absolute Gasteiger partial charge is 0.127 e. The van der Waals surface area contributed by atoms with Crippen LogP contribution in [0.4, 0.5) is 0 Å². The van der Waals surface area contributed by atoms with Gasteiger partial charge in [-0.2, -0.15) is 0 Å². The molecule has 0 heterocycles. The Bertz CT molecular complexity index is 581. The molecule has 5 heteroatoms. The lowest BCUT2D eigenvalue weighted by molar-refractivity contribution is 0.358. The van der Waals surface area contributed by atoms with E-state index in [1.165, 1.54) is 9.79 Å². The maximum absolute atomic E-state index is 5.98. The summed E-state index contributed by atoms with van der Waals surface area (Å²) in [7, 11) is 0. The van der Waals surface area contributed by atoms with Crippen molar-refractivity contribution in [2.75, 3.05) is 37.9 Å². The number of benzene rings is 2. The molecule has 2 rings (SSSR count). The van der Waals surface area contributed by atoms with Gasteiger partial charge in [0.25, 0.3) is 0 Å². The molecular weight excluding hydrogens is 372 g/mol. The zero-order valence-corrected chi connectivity index (χ0v) is 18.6. The lowest BCUT2D eigenvalue weighted by Gasteiger charge is -2.17. The Balaban J connectivity index is 1.84. The molecule has 0 aliphatic rings. The van der Waals surface area contributed by atoms with Crippen molar-refractivity contribution >= 4 is 23.5 Å². The molecule has 0 unspecified atom stereocenters. The molecule has 0 spiro atoms. The lowest BCUT2D eigenvalue weighted by Crippen LogP contribution is -2.21. The maximum atomic E-state index is 5.98. The van der Waals surface area contributed by atoms with Crippen LogP contribution in [0.3, 0.4) is 0 Å². The fourth-order valence-electron chi connectivity index (χ4n) is 2.49. The molecule has 0 radical (unpaired) electrons. The highest BCUT2D eigenvalue weighted by Crippen LogP contribution is 2.28. The van der Waals surface area contributed by atoms with Crippen molar-refractivity contribution in [3.05, 3.63) is 48.5 Å². The third kappa shape index (κ3) is 7.78. The molecule has 0 saturated heterocycles. The number of ether oxygens (including phenoxy) is 1. The van der Waals surface area contributed by atoms with Crippen molar-refractivity contribution in [1.29, 1.82) is 0 Å². The van der Waals surface area contributed by atoms with Crippen LogP contribution in [0.15, 0.2) is 58.3 Å². The largest absolute Gasteiger partial charge is 0.457 e. The molecule has 0 aromatic heterocycles. The summed E-state index contributed by atoms with van der Waals surface area (Å²) >= 11 is 3.74. The predicted molar refractivity (Wildman–Crippen MR) is 120 cm³/mol. The highest BCUT2D eigenvalue weighted by atomic mass is 32.2. The van der Waals surface area contributed by atoms with Crippen LogP contribution in [-0.2, 0) is 0 Å². The third-order valence-corrected chi connectivity index (χ3v) is 6.70. The van der Waals surface area contributed by atoms with Gasteiger partial charge in [0.15, 0.2) is 0 Å². The summed E-state index contributed by atoms with van der Waals surface area (Å²) in [6, 6.07) is 16.7. The van der Waals surface area contributed by atoms with Gasteiger partial charge >= 0.3 is 0 Å². The molecule has 2 aromatic carbocycles. The van der Waals surface area contributed by atoms with E-state index in [1.807, 2.05) is 47.8 Å². The second-order valence-electron chi connectivity index (χ2n) is 6.20. The number of hydrogen-bond acceptors (Lipinski definition) is 5. The van der Waals surface area contributed by atoms with E-state index in [4.69, 9.17) is 4.74 Å². The van der Waals surface area contributed by atoms with Gasteiger partial charge in [0, 0.05) is 21.5 Å². The van der Waals surface area contributed by atoms with Gasteiger partial charge in [-0.15, -0.1) is 23.5 Å². The van der Waals surface area contributed by atoms with Crippen molar-refractivity contribution in [3.8, 4) is 11.5 Å². The second kappa shape index (κ2) is 12.3.